The van der Waals surface area contributed by atoms with Crippen molar-refractivity contribution in [1.82, 2.24) is 19.9 Å². The summed E-state index contributed by atoms with van der Waals surface area (Å²) in [4.78, 5) is 16.2. The van der Waals surface area contributed by atoms with Crippen molar-refractivity contribution < 1.29 is 4.74 Å². The first-order valence-corrected chi connectivity index (χ1v) is 6.25. The zero-order chi connectivity index (χ0) is 13.9. The van der Waals surface area contributed by atoms with Crippen LogP contribution in [0.2, 0.25) is 5.28 Å². The minimum Gasteiger partial charge on any atom is -0.422 e. The van der Waals surface area contributed by atoms with Gasteiger partial charge < -0.3 is 10.1 Å². The average Bonchev–Trinajstić information content (AvgIpc) is 2.47. The highest BCUT2D eigenvalue weighted by Crippen LogP contribution is 2.27. The molecule has 0 amide bonds. The molecule has 3 aromatic rings. The lowest BCUT2D eigenvalue weighted by molar-refractivity contribution is 0.444. The van der Waals surface area contributed by atoms with Gasteiger partial charge in [-0.25, -0.2) is 0 Å². The molecule has 2 aromatic heterocycles. The van der Waals surface area contributed by atoms with Crippen molar-refractivity contribution in [2.45, 2.75) is 0 Å². The summed E-state index contributed by atoms with van der Waals surface area (Å²) < 4.78 is 5.67. The molecule has 0 aliphatic heterocycles. The lowest BCUT2D eigenvalue weighted by Gasteiger charge is -2.07. The molecule has 1 N–H and O–H groups in total. The summed E-state index contributed by atoms with van der Waals surface area (Å²) in [7, 11) is 1.69. The number of aromatic nitrogens is 4. The van der Waals surface area contributed by atoms with Gasteiger partial charge in [-0.3, -0.25) is 4.98 Å². The largest absolute Gasteiger partial charge is 0.422 e. The predicted octanol–water partition coefficient (Wildman–Crippen LogP) is 2.91. The van der Waals surface area contributed by atoms with Crippen LogP contribution in [0.1, 0.15) is 0 Å². The van der Waals surface area contributed by atoms with Gasteiger partial charge in [-0.05, 0) is 23.7 Å². The van der Waals surface area contributed by atoms with E-state index in [0.717, 1.165) is 10.9 Å². The maximum atomic E-state index is 5.82. The van der Waals surface area contributed by atoms with Gasteiger partial charge in [0.1, 0.15) is 5.52 Å². The Labute approximate surface area is 119 Å². The van der Waals surface area contributed by atoms with Crippen LogP contribution in [0.15, 0.2) is 36.5 Å². The molecule has 0 saturated heterocycles. The van der Waals surface area contributed by atoms with Crippen molar-refractivity contribution in [2.75, 3.05) is 12.4 Å². The summed E-state index contributed by atoms with van der Waals surface area (Å²) in [5.41, 5.74) is 0.734. The zero-order valence-electron chi connectivity index (χ0n) is 10.5. The number of para-hydroxylation sites is 1. The highest BCUT2D eigenvalue weighted by atomic mass is 35.5. The molecule has 0 saturated carbocycles. The molecule has 0 aliphatic carbocycles. The fraction of sp³-hybridized carbons (Fsp3) is 0.0769. The highest BCUT2D eigenvalue weighted by Gasteiger charge is 2.09. The monoisotopic (exact) mass is 287 g/mol. The summed E-state index contributed by atoms with van der Waals surface area (Å²) in [5.74, 6) is 0.903. The fourth-order valence-electron chi connectivity index (χ4n) is 1.75. The topological polar surface area (TPSA) is 72.8 Å². The van der Waals surface area contributed by atoms with Gasteiger partial charge in [0.25, 0.3) is 0 Å². The fourth-order valence-corrected chi connectivity index (χ4v) is 1.90. The number of rotatable bonds is 3. The SMILES string of the molecule is CNc1nc(Cl)nc(Oc2cccc3cccnc23)n1. The van der Waals surface area contributed by atoms with Gasteiger partial charge in [0.2, 0.25) is 11.2 Å². The molecule has 0 aliphatic rings. The van der Waals surface area contributed by atoms with Crippen LogP contribution in [0.5, 0.6) is 11.8 Å². The molecule has 0 unspecified atom stereocenters. The van der Waals surface area contributed by atoms with Crippen LogP contribution >= 0.6 is 11.6 Å². The molecule has 20 heavy (non-hydrogen) atoms. The smallest absolute Gasteiger partial charge is 0.328 e. The van der Waals surface area contributed by atoms with Gasteiger partial charge in [-0.2, -0.15) is 15.0 Å². The Kier molecular flexibility index (Phi) is 3.30. The molecule has 0 fully saturated rings. The predicted molar refractivity (Wildman–Crippen MR) is 76.2 cm³/mol. The van der Waals surface area contributed by atoms with Gasteiger partial charge in [-0.15, -0.1) is 0 Å². The van der Waals surface area contributed by atoms with E-state index in [0.29, 0.717) is 11.7 Å². The zero-order valence-corrected chi connectivity index (χ0v) is 11.3. The molecular formula is C13H10ClN5O. The number of benzene rings is 1. The van der Waals surface area contributed by atoms with Crippen LogP contribution in [0.4, 0.5) is 5.95 Å². The Bertz CT molecular complexity index is 759. The van der Waals surface area contributed by atoms with Crippen molar-refractivity contribution in [3.05, 3.63) is 41.8 Å². The normalized spacial score (nSPS) is 10.5. The van der Waals surface area contributed by atoms with E-state index >= 15 is 0 Å². The minimum atomic E-state index is 0.0625. The van der Waals surface area contributed by atoms with Crippen molar-refractivity contribution in [1.29, 1.82) is 0 Å². The van der Waals surface area contributed by atoms with Gasteiger partial charge >= 0.3 is 6.01 Å². The molecule has 3 rings (SSSR count). The second-order valence-corrected chi connectivity index (χ2v) is 4.23. The second kappa shape index (κ2) is 5.26. The molecule has 100 valence electrons. The number of pyridine rings is 1. The first-order chi connectivity index (χ1) is 9.76. The number of nitrogens with zero attached hydrogens (tertiary/aromatic N) is 4. The van der Waals surface area contributed by atoms with E-state index in [1.54, 1.807) is 19.3 Å². The number of nitrogens with one attached hydrogen (secondary N) is 1. The van der Waals surface area contributed by atoms with Gasteiger partial charge in [0, 0.05) is 18.6 Å². The average molecular weight is 288 g/mol. The minimum absolute atomic E-state index is 0.0625. The van der Waals surface area contributed by atoms with Crippen LogP contribution < -0.4 is 10.1 Å². The Morgan fingerprint density at radius 1 is 1.10 bits per heavy atom. The molecule has 0 spiro atoms. The highest BCUT2D eigenvalue weighted by molar-refractivity contribution is 6.28. The van der Waals surface area contributed by atoms with Crippen LogP contribution in [0.25, 0.3) is 10.9 Å². The van der Waals surface area contributed by atoms with Crippen LogP contribution in [0, 0.1) is 0 Å². The molecular weight excluding hydrogens is 278 g/mol. The quantitative estimate of drug-likeness (QED) is 0.798. The molecule has 0 bridgehead atoms. The van der Waals surface area contributed by atoms with Gasteiger partial charge in [-0.1, -0.05) is 18.2 Å². The molecule has 0 atom stereocenters. The van der Waals surface area contributed by atoms with E-state index in [-0.39, 0.29) is 11.3 Å². The van der Waals surface area contributed by atoms with E-state index in [2.05, 4.69) is 25.3 Å². The summed E-state index contributed by atoms with van der Waals surface area (Å²) >= 11 is 5.82. The number of anilines is 1. The van der Waals surface area contributed by atoms with Gasteiger partial charge in [0.15, 0.2) is 5.75 Å². The number of hydrogen-bond acceptors (Lipinski definition) is 6. The number of ether oxygens (including phenoxy) is 1. The van der Waals surface area contributed by atoms with E-state index in [9.17, 15) is 0 Å². The van der Waals surface area contributed by atoms with Gasteiger partial charge in [0.05, 0.1) is 0 Å². The van der Waals surface area contributed by atoms with Crippen molar-refractivity contribution >= 4 is 28.5 Å². The first-order valence-electron chi connectivity index (χ1n) is 5.87. The maximum absolute atomic E-state index is 5.82. The Morgan fingerprint density at radius 2 is 1.95 bits per heavy atom. The number of halogens is 1. The molecule has 7 heteroatoms. The number of fused-ring (bicyclic) bond motifs is 1. The van der Waals surface area contributed by atoms with Crippen LogP contribution in [-0.2, 0) is 0 Å². The molecule has 1 aromatic carbocycles. The summed E-state index contributed by atoms with van der Waals surface area (Å²) in [6, 6.07) is 9.56. The molecule has 6 nitrogen and oxygen atoms in total. The van der Waals surface area contributed by atoms with E-state index < -0.39 is 0 Å². The summed E-state index contributed by atoms with van der Waals surface area (Å²) in [6.45, 7) is 0. The number of hydrogen-bond donors (Lipinski definition) is 1. The molecule has 0 radical (unpaired) electrons. The van der Waals surface area contributed by atoms with E-state index in [1.165, 1.54) is 0 Å². The third-order valence-electron chi connectivity index (χ3n) is 2.61. The summed E-state index contributed by atoms with van der Waals surface area (Å²) in [6.07, 6.45) is 1.70. The maximum Gasteiger partial charge on any atom is 0.328 e. The molecule has 2 heterocycles. The second-order valence-electron chi connectivity index (χ2n) is 3.89. The van der Waals surface area contributed by atoms with Crippen molar-refractivity contribution in [2.24, 2.45) is 0 Å². The Morgan fingerprint density at radius 3 is 2.80 bits per heavy atom. The first kappa shape index (κ1) is 12.6. The third-order valence-corrected chi connectivity index (χ3v) is 2.78. The van der Waals surface area contributed by atoms with Crippen LogP contribution in [-0.4, -0.2) is 27.0 Å². The lowest BCUT2D eigenvalue weighted by Crippen LogP contribution is -2.01. The third kappa shape index (κ3) is 2.46. The van der Waals surface area contributed by atoms with Crippen LogP contribution in [0.3, 0.4) is 0 Å². The lowest BCUT2D eigenvalue weighted by atomic mass is 10.2. The Balaban J connectivity index is 2.03. The van der Waals surface area contributed by atoms with E-state index in [4.69, 9.17) is 16.3 Å². The van der Waals surface area contributed by atoms with Crippen molar-refractivity contribution in [3.8, 4) is 11.8 Å². The van der Waals surface area contributed by atoms with E-state index in [1.807, 2.05) is 24.3 Å². The standard InChI is InChI=1S/C13H10ClN5O/c1-15-12-17-11(14)18-13(19-12)20-9-6-2-4-8-5-3-7-16-10(8)9/h2-7H,1H3,(H,15,17,18,19). The Hall–Kier alpha value is -2.47. The summed E-state index contributed by atoms with van der Waals surface area (Å²) in [5, 5.41) is 3.82. The van der Waals surface area contributed by atoms with Crippen molar-refractivity contribution in [3.63, 3.8) is 0 Å².